The Morgan fingerprint density at radius 1 is 1.19 bits per heavy atom. The smallest absolute Gasteiger partial charge is 0.270 e. The largest absolute Gasteiger partial charge is 0.382 e. The molecule has 1 aromatic heterocycles. The van der Waals surface area contributed by atoms with Crippen molar-refractivity contribution in [3.05, 3.63) is 30.0 Å². The number of carbonyl (C=O) groups is 1. The Bertz CT molecular complexity index is 758. The average Bonchev–Trinajstić information content (AvgIpc) is 3.12. The van der Waals surface area contributed by atoms with Crippen molar-refractivity contribution in [1.29, 1.82) is 0 Å². The average molecular weight is 356 g/mol. The maximum absolute atomic E-state index is 12.6. The van der Waals surface area contributed by atoms with Crippen molar-refractivity contribution >= 4 is 22.5 Å². The molecule has 0 aliphatic carbocycles. The third kappa shape index (κ3) is 3.71. The van der Waals surface area contributed by atoms with Crippen LogP contribution in [0.1, 0.15) is 30.3 Å². The van der Waals surface area contributed by atoms with Gasteiger partial charge in [0.1, 0.15) is 5.69 Å². The van der Waals surface area contributed by atoms with E-state index in [-0.39, 0.29) is 5.91 Å². The summed E-state index contributed by atoms with van der Waals surface area (Å²) >= 11 is 0. The number of anilines is 1. The Hall–Kier alpha value is -2.05. The number of ether oxygens (including phenoxy) is 1. The molecule has 0 radical (unpaired) electrons. The second kappa shape index (κ2) is 7.68. The number of aromatic nitrogens is 1. The monoisotopic (exact) mass is 356 g/mol. The summed E-state index contributed by atoms with van der Waals surface area (Å²) in [4.78, 5) is 20.3. The van der Waals surface area contributed by atoms with Gasteiger partial charge in [-0.1, -0.05) is 6.92 Å². The highest BCUT2D eigenvalue weighted by Gasteiger charge is 2.21. The lowest BCUT2D eigenvalue weighted by Crippen LogP contribution is -2.40. The van der Waals surface area contributed by atoms with E-state index in [1.807, 2.05) is 11.0 Å². The number of piperidine rings is 1. The number of hydrogen-bond donors (Lipinski definition) is 2. The van der Waals surface area contributed by atoms with Gasteiger partial charge in [-0.2, -0.15) is 0 Å². The predicted octanol–water partition coefficient (Wildman–Crippen LogP) is 2.54. The fourth-order valence-electron chi connectivity index (χ4n) is 3.90. The maximum atomic E-state index is 12.6. The molecule has 6 heteroatoms. The third-order valence-corrected chi connectivity index (χ3v) is 5.56. The zero-order chi connectivity index (χ0) is 17.9. The van der Waals surface area contributed by atoms with E-state index < -0.39 is 0 Å². The van der Waals surface area contributed by atoms with Gasteiger partial charge in [-0.05, 0) is 43.7 Å². The number of morpholine rings is 1. The molecule has 3 heterocycles. The first-order valence-electron chi connectivity index (χ1n) is 9.71. The van der Waals surface area contributed by atoms with Gasteiger partial charge >= 0.3 is 0 Å². The summed E-state index contributed by atoms with van der Waals surface area (Å²) in [6, 6.07) is 8.82. The van der Waals surface area contributed by atoms with Crippen molar-refractivity contribution in [2.45, 2.75) is 25.8 Å². The van der Waals surface area contributed by atoms with Crippen LogP contribution in [0.15, 0.2) is 24.3 Å². The van der Waals surface area contributed by atoms with Gasteiger partial charge in [-0.25, -0.2) is 0 Å². The molecule has 2 aliphatic rings. The molecular formula is C20H28N4O2. The lowest BCUT2D eigenvalue weighted by Gasteiger charge is -2.32. The molecule has 2 fully saturated rings. The number of hydrogen-bond acceptors (Lipinski definition) is 4. The summed E-state index contributed by atoms with van der Waals surface area (Å²) < 4.78 is 5.33. The van der Waals surface area contributed by atoms with E-state index >= 15 is 0 Å². The Morgan fingerprint density at radius 3 is 2.69 bits per heavy atom. The fraction of sp³-hybridized carbons (Fsp3) is 0.550. The normalized spacial score (nSPS) is 19.8. The Balaban J connectivity index is 1.45. The highest BCUT2D eigenvalue weighted by molar-refractivity contribution is 5.98. The molecule has 0 spiro atoms. The third-order valence-electron chi connectivity index (χ3n) is 5.56. The number of nitrogens with one attached hydrogen (secondary N) is 2. The molecule has 1 aromatic carbocycles. The zero-order valence-corrected chi connectivity index (χ0v) is 15.5. The highest BCUT2D eigenvalue weighted by atomic mass is 16.5. The van der Waals surface area contributed by atoms with Gasteiger partial charge in [0.05, 0.1) is 13.2 Å². The van der Waals surface area contributed by atoms with E-state index in [0.29, 0.717) is 38.0 Å². The molecule has 2 N–H and O–H groups in total. The van der Waals surface area contributed by atoms with Crippen LogP contribution >= 0.6 is 0 Å². The molecular weight excluding hydrogens is 328 g/mol. The number of aromatic amines is 1. The summed E-state index contributed by atoms with van der Waals surface area (Å²) in [5.74, 6) is 0.0611. The van der Waals surface area contributed by atoms with Crippen molar-refractivity contribution in [3.63, 3.8) is 0 Å². The molecule has 2 saturated heterocycles. The van der Waals surface area contributed by atoms with E-state index in [0.717, 1.165) is 23.1 Å². The van der Waals surface area contributed by atoms with Crippen LogP contribution in [-0.2, 0) is 4.74 Å². The van der Waals surface area contributed by atoms with Crippen LogP contribution in [0.25, 0.3) is 10.9 Å². The molecule has 0 bridgehead atoms. The number of carbonyl (C=O) groups excluding carboxylic acids is 1. The quantitative estimate of drug-likeness (QED) is 0.884. The van der Waals surface area contributed by atoms with Crippen LogP contribution in [0.5, 0.6) is 0 Å². The molecule has 0 unspecified atom stereocenters. The van der Waals surface area contributed by atoms with Crippen LogP contribution < -0.4 is 5.32 Å². The fourth-order valence-corrected chi connectivity index (χ4v) is 3.90. The number of benzene rings is 1. The molecule has 4 rings (SSSR count). The molecule has 0 atom stereocenters. The molecule has 0 saturated carbocycles. The summed E-state index contributed by atoms with van der Waals surface area (Å²) in [6.07, 6.45) is 2.36. The van der Waals surface area contributed by atoms with Gasteiger partial charge in [-0.15, -0.1) is 0 Å². The number of likely N-dealkylation sites (tertiary alicyclic amines) is 1. The molecule has 26 heavy (non-hydrogen) atoms. The zero-order valence-electron chi connectivity index (χ0n) is 15.5. The minimum absolute atomic E-state index is 0.0611. The second-order valence-electron chi connectivity index (χ2n) is 7.24. The standard InChI is InChI=1S/C20H28N4O2/c1-2-23-7-5-16(6-8-23)21-17-3-4-18-15(13-17)14-19(22-18)20(25)24-9-11-26-12-10-24/h3-4,13-14,16,21-22H,2,5-12H2,1H3. The van der Waals surface area contributed by atoms with Gasteiger partial charge < -0.3 is 24.8 Å². The van der Waals surface area contributed by atoms with E-state index in [2.05, 4.69) is 40.3 Å². The van der Waals surface area contributed by atoms with E-state index in [1.54, 1.807) is 0 Å². The number of rotatable bonds is 4. The van der Waals surface area contributed by atoms with Gasteiger partial charge in [-0.3, -0.25) is 4.79 Å². The van der Waals surface area contributed by atoms with E-state index in [9.17, 15) is 4.79 Å². The lowest BCUT2D eigenvalue weighted by molar-refractivity contribution is 0.0299. The predicted molar refractivity (Wildman–Crippen MR) is 104 cm³/mol. The van der Waals surface area contributed by atoms with Crippen molar-refractivity contribution in [3.8, 4) is 0 Å². The molecule has 2 aliphatic heterocycles. The summed E-state index contributed by atoms with van der Waals surface area (Å²) in [6.45, 7) is 8.27. The van der Waals surface area contributed by atoms with Crippen LogP contribution in [0.4, 0.5) is 5.69 Å². The van der Waals surface area contributed by atoms with Gasteiger partial charge in [0.25, 0.3) is 5.91 Å². The molecule has 1 amide bonds. The molecule has 6 nitrogen and oxygen atoms in total. The van der Waals surface area contributed by atoms with Gasteiger partial charge in [0, 0.05) is 48.8 Å². The van der Waals surface area contributed by atoms with Crippen LogP contribution in [0.3, 0.4) is 0 Å². The van der Waals surface area contributed by atoms with Crippen molar-refractivity contribution in [2.75, 3.05) is 51.3 Å². The minimum Gasteiger partial charge on any atom is -0.382 e. The van der Waals surface area contributed by atoms with E-state index in [4.69, 9.17) is 4.74 Å². The summed E-state index contributed by atoms with van der Waals surface area (Å²) in [5, 5.41) is 4.75. The number of fused-ring (bicyclic) bond motifs is 1. The van der Waals surface area contributed by atoms with Gasteiger partial charge in [0.2, 0.25) is 0 Å². The second-order valence-corrected chi connectivity index (χ2v) is 7.24. The Kier molecular flexibility index (Phi) is 5.13. The SMILES string of the molecule is CCN1CCC(Nc2ccc3[nH]c(C(=O)N4CCOCC4)cc3c2)CC1. The summed E-state index contributed by atoms with van der Waals surface area (Å²) in [7, 11) is 0. The number of H-pyrrole nitrogens is 1. The van der Waals surface area contributed by atoms with Crippen LogP contribution in [-0.4, -0.2) is 72.7 Å². The number of amides is 1. The van der Waals surface area contributed by atoms with Crippen molar-refractivity contribution < 1.29 is 9.53 Å². The van der Waals surface area contributed by atoms with E-state index in [1.165, 1.54) is 25.9 Å². The first-order valence-corrected chi connectivity index (χ1v) is 9.71. The lowest BCUT2D eigenvalue weighted by atomic mass is 10.0. The molecule has 140 valence electrons. The van der Waals surface area contributed by atoms with Gasteiger partial charge in [0.15, 0.2) is 0 Å². The Labute approximate surface area is 154 Å². The van der Waals surface area contributed by atoms with Crippen LogP contribution in [0, 0.1) is 0 Å². The van der Waals surface area contributed by atoms with Crippen LogP contribution in [0.2, 0.25) is 0 Å². The Morgan fingerprint density at radius 2 is 1.96 bits per heavy atom. The number of nitrogens with zero attached hydrogens (tertiary/aromatic N) is 2. The summed E-state index contributed by atoms with van der Waals surface area (Å²) in [5.41, 5.74) is 2.81. The maximum Gasteiger partial charge on any atom is 0.270 e. The first-order chi connectivity index (χ1) is 12.7. The first kappa shape index (κ1) is 17.4. The molecule has 2 aromatic rings. The van der Waals surface area contributed by atoms with Crippen molar-refractivity contribution in [2.24, 2.45) is 0 Å². The highest BCUT2D eigenvalue weighted by Crippen LogP contribution is 2.23. The minimum atomic E-state index is 0.0611. The topological polar surface area (TPSA) is 60.6 Å². The van der Waals surface area contributed by atoms with Crippen molar-refractivity contribution in [1.82, 2.24) is 14.8 Å².